The first kappa shape index (κ1) is 8.97. The molecule has 3 nitrogen and oxygen atoms in total. The molecule has 1 rings (SSSR count). The van der Waals surface area contributed by atoms with Crippen molar-refractivity contribution in [3.05, 3.63) is 0 Å². The molecule has 4 heteroatoms. The van der Waals surface area contributed by atoms with Crippen LogP contribution in [0.2, 0.25) is 0 Å². The number of hydrogen-bond donors (Lipinski definition) is 1. The Morgan fingerprint density at radius 2 is 2.55 bits per heavy atom. The molecule has 0 aromatic heterocycles. The SMILES string of the molecule is CC1(CC(=O)Cl)CNCCO1. The maximum Gasteiger partial charge on any atom is 0.224 e. The van der Waals surface area contributed by atoms with Crippen LogP contribution in [-0.4, -0.2) is 30.5 Å². The van der Waals surface area contributed by atoms with Gasteiger partial charge in [0.1, 0.15) is 0 Å². The summed E-state index contributed by atoms with van der Waals surface area (Å²) in [7, 11) is 0. The van der Waals surface area contributed by atoms with E-state index in [1.165, 1.54) is 0 Å². The molecule has 1 atom stereocenters. The molecule has 1 heterocycles. The number of morpholine rings is 1. The summed E-state index contributed by atoms with van der Waals surface area (Å²) in [5, 5.41) is 2.81. The fourth-order valence-corrected chi connectivity index (χ4v) is 1.46. The third-order valence-electron chi connectivity index (χ3n) is 1.74. The van der Waals surface area contributed by atoms with E-state index in [-0.39, 0.29) is 11.7 Å². The highest BCUT2D eigenvalue weighted by Crippen LogP contribution is 2.17. The van der Waals surface area contributed by atoms with Crippen LogP contribution in [0, 0.1) is 0 Å². The molecule has 1 aliphatic heterocycles. The summed E-state index contributed by atoms with van der Waals surface area (Å²) in [6.07, 6.45) is 0.279. The second-order valence-electron chi connectivity index (χ2n) is 3.01. The lowest BCUT2D eigenvalue weighted by molar-refractivity contribution is -0.120. The van der Waals surface area contributed by atoms with E-state index in [0.29, 0.717) is 13.2 Å². The van der Waals surface area contributed by atoms with Gasteiger partial charge in [0, 0.05) is 13.1 Å². The summed E-state index contributed by atoms with van der Waals surface area (Å²) in [6.45, 7) is 4.09. The molecule has 0 spiro atoms. The van der Waals surface area contributed by atoms with Crippen LogP contribution in [0.5, 0.6) is 0 Å². The van der Waals surface area contributed by atoms with Gasteiger partial charge in [0.15, 0.2) is 0 Å². The van der Waals surface area contributed by atoms with Crippen LogP contribution in [0.3, 0.4) is 0 Å². The monoisotopic (exact) mass is 177 g/mol. The molecule has 0 saturated carbocycles. The molecule has 1 N–H and O–H groups in total. The van der Waals surface area contributed by atoms with E-state index in [2.05, 4.69) is 5.32 Å². The lowest BCUT2D eigenvalue weighted by atomic mass is 10.0. The summed E-state index contributed by atoms with van der Waals surface area (Å²) in [5.41, 5.74) is -0.392. The normalized spacial score (nSPS) is 31.8. The van der Waals surface area contributed by atoms with Crippen LogP contribution in [0.15, 0.2) is 0 Å². The van der Waals surface area contributed by atoms with Gasteiger partial charge in [-0.25, -0.2) is 0 Å². The average Bonchev–Trinajstić information content (AvgIpc) is 1.85. The summed E-state index contributed by atoms with van der Waals surface area (Å²) in [6, 6.07) is 0. The summed E-state index contributed by atoms with van der Waals surface area (Å²) < 4.78 is 5.41. The smallest absolute Gasteiger partial charge is 0.224 e. The standard InChI is InChI=1S/C7H12ClNO2/c1-7(4-6(8)10)5-9-2-3-11-7/h9H,2-5H2,1H3. The zero-order valence-electron chi connectivity index (χ0n) is 6.52. The molecule has 1 saturated heterocycles. The van der Waals surface area contributed by atoms with Crippen LogP contribution in [0.1, 0.15) is 13.3 Å². The zero-order chi connectivity index (χ0) is 8.32. The van der Waals surface area contributed by atoms with Gasteiger partial charge in [-0.1, -0.05) is 0 Å². The first-order chi connectivity index (χ1) is 5.12. The first-order valence-electron chi connectivity index (χ1n) is 3.65. The number of ether oxygens (including phenoxy) is 1. The van der Waals surface area contributed by atoms with Crippen LogP contribution in [0.4, 0.5) is 0 Å². The minimum absolute atomic E-state index is 0.279. The Hall–Kier alpha value is -0.120. The molecule has 0 amide bonds. The number of hydrogen-bond acceptors (Lipinski definition) is 3. The molecular formula is C7H12ClNO2. The molecule has 11 heavy (non-hydrogen) atoms. The minimum Gasteiger partial charge on any atom is -0.372 e. The highest BCUT2D eigenvalue weighted by Gasteiger charge is 2.29. The lowest BCUT2D eigenvalue weighted by Gasteiger charge is -2.33. The van der Waals surface area contributed by atoms with Gasteiger partial charge in [-0.3, -0.25) is 4.79 Å². The van der Waals surface area contributed by atoms with Gasteiger partial charge in [-0.05, 0) is 18.5 Å². The lowest BCUT2D eigenvalue weighted by Crippen LogP contribution is -2.48. The molecule has 1 fully saturated rings. The Balaban J connectivity index is 2.43. The topological polar surface area (TPSA) is 38.3 Å². The van der Waals surface area contributed by atoms with Gasteiger partial charge in [0.25, 0.3) is 0 Å². The third-order valence-corrected chi connectivity index (χ3v) is 1.87. The van der Waals surface area contributed by atoms with Crippen molar-refractivity contribution in [1.82, 2.24) is 5.32 Å². The van der Waals surface area contributed by atoms with Crippen molar-refractivity contribution in [3.63, 3.8) is 0 Å². The fourth-order valence-electron chi connectivity index (χ4n) is 1.18. The Bertz CT molecular complexity index is 155. The van der Waals surface area contributed by atoms with Crippen molar-refractivity contribution < 1.29 is 9.53 Å². The Morgan fingerprint density at radius 1 is 1.82 bits per heavy atom. The van der Waals surface area contributed by atoms with E-state index < -0.39 is 5.60 Å². The summed E-state index contributed by atoms with van der Waals surface area (Å²) in [4.78, 5) is 10.6. The van der Waals surface area contributed by atoms with E-state index in [1.807, 2.05) is 6.92 Å². The molecular weight excluding hydrogens is 166 g/mol. The summed E-state index contributed by atoms with van der Waals surface area (Å²) >= 11 is 5.25. The predicted octanol–water partition coefficient (Wildman–Crippen LogP) is 0.520. The molecule has 0 aliphatic carbocycles. The van der Waals surface area contributed by atoms with Gasteiger partial charge < -0.3 is 10.1 Å². The molecule has 1 unspecified atom stereocenters. The van der Waals surface area contributed by atoms with Crippen LogP contribution >= 0.6 is 11.6 Å². The largest absolute Gasteiger partial charge is 0.372 e. The van der Waals surface area contributed by atoms with E-state index in [9.17, 15) is 4.79 Å². The second-order valence-corrected chi connectivity index (χ2v) is 3.43. The van der Waals surface area contributed by atoms with Crippen LogP contribution in [0.25, 0.3) is 0 Å². The Morgan fingerprint density at radius 3 is 3.00 bits per heavy atom. The first-order valence-corrected chi connectivity index (χ1v) is 4.03. The number of halogens is 1. The fraction of sp³-hybridized carbons (Fsp3) is 0.857. The minimum atomic E-state index is -0.392. The Kier molecular flexibility index (Phi) is 2.87. The molecule has 0 aromatic rings. The Labute approximate surface area is 71.1 Å². The molecule has 0 bridgehead atoms. The number of nitrogens with one attached hydrogen (secondary N) is 1. The predicted molar refractivity (Wildman–Crippen MR) is 42.7 cm³/mol. The highest BCUT2D eigenvalue weighted by molar-refractivity contribution is 6.63. The number of carbonyl (C=O) groups is 1. The van der Waals surface area contributed by atoms with Gasteiger partial charge in [-0.2, -0.15) is 0 Å². The molecule has 1 aliphatic rings. The number of carbonyl (C=O) groups excluding carboxylic acids is 1. The van der Waals surface area contributed by atoms with Crippen molar-refractivity contribution in [2.45, 2.75) is 18.9 Å². The van der Waals surface area contributed by atoms with Crippen molar-refractivity contribution in [2.75, 3.05) is 19.7 Å². The zero-order valence-corrected chi connectivity index (χ0v) is 7.28. The van der Waals surface area contributed by atoms with Crippen molar-refractivity contribution in [2.24, 2.45) is 0 Å². The molecule has 64 valence electrons. The van der Waals surface area contributed by atoms with Gasteiger partial charge in [0.05, 0.1) is 18.6 Å². The van der Waals surface area contributed by atoms with Gasteiger partial charge in [0.2, 0.25) is 5.24 Å². The van der Waals surface area contributed by atoms with Crippen molar-refractivity contribution >= 4 is 16.8 Å². The van der Waals surface area contributed by atoms with E-state index in [0.717, 1.165) is 6.54 Å². The van der Waals surface area contributed by atoms with Crippen molar-refractivity contribution in [1.29, 1.82) is 0 Å². The average molecular weight is 178 g/mol. The van der Waals surface area contributed by atoms with Crippen LogP contribution in [-0.2, 0) is 9.53 Å². The second kappa shape index (κ2) is 3.52. The van der Waals surface area contributed by atoms with Crippen molar-refractivity contribution in [3.8, 4) is 0 Å². The maximum absolute atomic E-state index is 10.6. The van der Waals surface area contributed by atoms with Gasteiger partial charge in [-0.15, -0.1) is 0 Å². The maximum atomic E-state index is 10.6. The quantitative estimate of drug-likeness (QED) is 0.625. The molecule has 0 radical (unpaired) electrons. The summed E-state index contributed by atoms with van der Waals surface area (Å²) in [5.74, 6) is 0. The third kappa shape index (κ3) is 2.77. The van der Waals surface area contributed by atoms with Gasteiger partial charge >= 0.3 is 0 Å². The molecule has 0 aromatic carbocycles. The van der Waals surface area contributed by atoms with E-state index >= 15 is 0 Å². The van der Waals surface area contributed by atoms with E-state index in [4.69, 9.17) is 16.3 Å². The highest BCUT2D eigenvalue weighted by atomic mass is 35.5. The van der Waals surface area contributed by atoms with E-state index in [1.54, 1.807) is 0 Å². The van der Waals surface area contributed by atoms with Crippen LogP contribution < -0.4 is 5.32 Å². The number of rotatable bonds is 2.